The Balaban J connectivity index is 5.50. The Labute approximate surface area is 103 Å². The monoisotopic (exact) mass is 348 g/mol. The van der Waals surface area contributed by atoms with E-state index < -0.39 is 39.9 Å². The van der Waals surface area contributed by atoms with Crippen molar-refractivity contribution in [2.24, 2.45) is 0 Å². The lowest BCUT2D eigenvalue weighted by Gasteiger charge is -2.30. The first-order valence-corrected chi connectivity index (χ1v) is 5.37. The van der Waals surface area contributed by atoms with Gasteiger partial charge in [-0.05, 0) is 0 Å². The molecule has 0 amide bonds. The molecule has 0 aromatic rings. The second-order valence-corrected chi connectivity index (χ2v) is 4.53. The molecule has 0 spiro atoms. The first kappa shape index (κ1) is 19.2. The zero-order valence-electron chi connectivity index (χ0n) is 8.44. The molecule has 0 saturated heterocycles. The molecule has 0 aromatic carbocycles. The summed E-state index contributed by atoms with van der Waals surface area (Å²) < 4.78 is 150. The molecule has 20 heavy (non-hydrogen) atoms. The fourth-order valence-corrected chi connectivity index (χ4v) is 1.01. The van der Waals surface area contributed by atoms with Crippen LogP contribution in [0.2, 0.25) is 0 Å². The fraction of sp³-hybridized carbons (Fsp3) is 1.00. The lowest BCUT2D eigenvalue weighted by molar-refractivity contribution is -0.474. The number of alkyl halides is 10. The van der Waals surface area contributed by atoms with Crippen LogP contribution in [0.25, 0.3) is 0 Å². The topological polar surface area (TPSA) is 63.6 Å². The normalized spacial score (nSPS) is 17.1. The van der Waals surface area contributed by atoms with Gasteiger partial charge >= 0.3 is 39.9 Å². The highest BCUT2D eigenvalue weighted by Gasteiger charge is 2.77. The molecule has 15 heteroatoms. The van der Waals surface area contributed by atoms with Crippen molar-refractivity contribution in [3.8, 4) is 0 Å². The molecular formula is C5H2F10O4S. The van der Waals surface area contributed by atoms with Crippen molar-refractivity contribution in [1.29, 1.82) is 0 Å². The third kappa shape index (κ3) is 3.63. The summed E-state index contributed by atoms with van der Waals surface area (Å²) in [4.78, 5) is 0. The van der Waals surface area contributed by atoms with Crippen LogP contribution < -0.4 is 0 Å². The van der Waals surface area contributed by atoms with Gasteiger partial charge in [0.1, 0.15) is 0 Å². The van der Waals surface area contributed by atoms with Gasteiger partial charge in [-0.15, -0.1) is 0 Å². The van der Waals surface area contributed by atoms with Gasteiger partial charge in [-0.3, -0.25) is 4.55 Å². The molecule has 1 unspecified atom stereocenters. The van der Waals surface area contributed by atoms with E-state index in [1.807, 2.05) is 0 Å². The van der Waals surface area contributed by atoms with E-state index in [1.54, 1.807) is 4.74 Å². The molecule has 0 aliphatic carbocycles. The van der Waals surface area contributed by atoms with Gasteiger partial charge in [-0.1, -0.05) is 0 Å². The average Bonchev–Trinajstić information content (AvgIpc) is 2.11. The maximum Gasteiger partial charge on any atom is 0.462 e. The summed E-state index contributed by atoms with van der Waals surface area (Å²) >= 11 is 0. The molecule has 0 rings (SSSR count). The van der Waals surface area contributed by atoms with Crippen LogP contribution in [0.5, 0.6) is 0 Å². The molecule has 0 saturated carbocycles. The average molecular weight is 348 g/mol. The Morgan fingerprint density at radius 3 is 1.50 bits per heavy atom. The Hall–Kier alpha value is -0.830. The number of hydrogen-bond acceptors (Lipinski definition) is 3. The van der Waals surface area contributed by atoms with Gasteiger partial charge in [0.25, 0.3) is 0 Å². The van der Waals surface area contributed by atoms with E-state index in [1.165, 1.54) is 0 Å². The molecule has 0 heterocycles. The summed E-state index contributed by atoms with van der Waals surface area (Å²) in [6, 6.07) is 0. The standard InChI is InChI=1S/C5H2F10O4S/c6-1(20(16,17)18)2(7,8)19-5(14,15)3(9,10)4(11,12)13/h1H,(H,16,17,18). The third-order valence-electron chi connectivity index (χ3n) is 1.51. The van der Waals surface area contributed by atoms with Gasteiger partial charge in [0.2, 0.25) is 0 Å². The molecule has 122 valence electrons. The number of rotatable bonds is 5. The van der Waals surface area contributed by atoms with Crippen molar-refractivity contribution in [3.05, 3.63) is 0 Å². The second kappa shape index (κ2) is 4.87. The third-order valence-corrected chi connectivity index (χ3v) is 2.31. The lowest BCUT2D eigenvalue weighted by atomic mass is 10.3. The molecule has 0 fully saturated rings. The van der Waals surface area contributed by atoms with Gasteiger partial charge in [0.15, 0.2) is 0 Å². The first-order chi connectivity index (χ1) is 8.36. The van der Waals surface area contributed by atoms with E-state index >= 15 is 0 Å². The lowest BCUT2D eigenvalue weighted by Crippen LogP contribution is -2.57. The van der Waals surface area contributed by atoms with Crippen LogP contribution in [-0.4, -0.2) is 42.8 Å². The maximum atomic E-state index is 12.4. The van der Waals surface area contributed by atoms with Crippen LogP contribution in [-0.2, 0) is 14.9 Å². The van der Waals surface area contributed by atoms with Crippen molar-refractivity contribution in [1.82, 2.24) is 0 Å². The molecule has 1 N–H and O–H groups in total. The Kier molecular flexibility index (Phi) is 4.67. The molecular weight excluding hydrogens is 346 g/mol. The molecule has 0 aromatic heterocycles. The van der Waals surface area contributed by atoms with Crippen LogP contribution in [0.15, 0.2) is 0 Å². The molecule has 0 aliphatic rings. The van der Waals surface area contributed by atoms with E-state index in [-0.39, 0.29) is 0 Å². The van der Waals surface area contributed by atoms with Gasteiger partial charge in [-0.2, -0.15) is 47.9 Å². The van der Waals surface area contributed by atoms with Gasteiger partial charge < -0.3 is 0 Å². The van der Waals surface area contributed by atoms with Crippen molar-refractivity contribution < 1.29 is 61.6 Å². The van der Waals surface area contributed by atoms with Gasteiger partial charge in [0.05, 0.1) is 0 Å². The van der Waals surface area contributed by atoms with Crippen LogP contribution in [0.4, 0.5) is 43.9 Å². The molecule has 0 bridgehead atoms. The van der Waals surface area contributed by atoms with E-state index in [9.17, 15) is 52.3 Å². The zero-order chi connectivity index (χ0) is 16.8. The minimum Gasteiger partial charge on any atom is -0.283 e. The van der Waals surface area contributed by atoms with E-state index in [0.717, 1.165) is 0 Å². The summed E-state index contributed by atoms with van der Waals surface area (Å²) in [6.45, 7) is 0. The summed E-state index contributed by atoms with van der Waals surface area (Å²) in [6.07, 6.45) is -20.5. The highest BCUT2D eigenvalue weighted by atomic mass is 32.2. The first-order valence-electron chi connectivity index (χ1n) is 3.87. The summed E-state index contributed by atoms with van der Waals surface area (Å²) in [7, 11) is -6.42. The molecule has 0 aliphatic heterocycles. The van der Waals surface area contributed by atoms with Gasteiger partial charge in [-0.25, -0.2) is 9.13 Å². The second-order valence-electron chi connectivity index (χ2n) is 3.08. The predicted molar refractivity (Wildman–Crippen MR) is 38.4 cm³/mol. The number of hydrogen-bond donors (Lipinski definition) is 1. The number of ether oxygens (including phenoxy) is 1. The molecule has 0 radical (unpaired) electrons. The highest BCUT2D eigenvalue weighted by molar-refractivity contribution is 7.86. The summed E-state index contributed by atoms with van der Waals surface area (Å²) in [5.41, 5.74) is -5.01. The predicted octanol–water partition coefficient (Wildman–Crippen LogP) is 2.57. The Morgan fingerprint density at radius 2 is 1.25 bits per heavy atom. The molecule has 1 atom stereocenters. The minimum atomic E-state index is -7.18. The SMILES string of the molecule is O=S(=O)(O)C(F)C(F)(F)OC(F)(F)C(F)(F)C(F)(F)F. The van der Waals surface area contributed by atoms with E-state index in [0.29, 0.717) is 0 Å². The van der Waals surface area contributed by atoms with Gasteiger partial charge in [0, 0.05) is 0 Å². The summed E-state index contributed by atoms with van der Waals surface area (Å²) in [5, 5.41) is 0. The van der Waals surface area contributed by atoms with E-state index in [2.05, 4.69) is 0 Å². The Bertz CT molecular complexity index is 453. The van der Waals surface area contributed by atoms with Crippen molar-refractivity contribution in [2.45, 2.75) is 29.8 Å². The van der Waals surface area contributed by atoms with Crippen LogP contribution in [0, 0.1) is 0 Å². The highest BCUT2D eigenvalue weighted by Crippen LogP contribution is 2.49. The largest absolute Gasteiger partial charge is 0.462 e. The fourth-order valence-electron chi connectivity index (χ4n) is 0.620. The number of halogens is 10. The van der Waals surface area contributed by atoms with Crippen molar-refractivity contribution >= 4 is 10.1 Å². The smallest absolute Gasteiger partial charge is 0.283 e. The van der Waals surface area contributed by atoms with E-state index in [4.69, 9.17) is 4.55 Å². The Morgan fingerprint density at radius 1 is 0.900 bits per heavy atom. The summed E-state index contributed by atoms with van der Waals surface area (Å²) in [5.74, 6) is -7.18. The van der Waals surface area contributed by atoms with Crippen molar-refractivity contribution in [2.75, 3.05) is 0 Å². The zero-order valence-corrected chi connectivity index (χ0v) is 9.25. The molecule has 4 nitrogen and oxygen atoms in total. The van der Waals surface area contributed by atoms with Crippen LogP contribution in [0.3, 0.4) is 0 Å². The van der Waals surface area contributed by atoms with Crippen molar-refractivity contribution in [3.63, 3.8) is 0 Å². The quantitative estimate of drug-likeness (QED) is 0.613. The minimum absolute atomic E-state index is 1.65. The van der Waals surface area contributed by atoms with Crippen LogP contribution >= 0.6 is 0 Å². The maximum absolute atomic E-state index is 12.4. The van der Waals surface area contributed by atoms with Crippen LogP contribution in [0.1, 0.15) is 0 Å².